The summed E-state index contributed by atoms with van der Waals surface area (Å²) >= 11 is 1.30. The van der Waals surface area contributed by atoms with Crippen LogP contribution in [0.1, 0.15) is 18.9 Å². The van der Waals surface area contributed by atoms with Gasteiger partial charge in [-0.15, -0.1) is 24.2 Å². The van der Waals surface area contributed by atoms with Gasteiger partial charge in [0.1, 0.15) is 0 Å². The minimum absolute atomic E-state index is 0. The summed E-state index contributed by atoms with van der Waals surface area (Å²) in [6, 6.07) is 7.68. The highest BCUT2D eigenvalue weighted by Crippen LogP contribution is 2.09. The minimum atomic E-state index is -0.104. The summed E-state index contributed by atoms with van der Waals surface area (Å²) in [7, 11) is 0. The van der Waals surface area contributed by atoms with Crippen LogP contribution >= 0.6 is 24.2 Å². The topological polar surface area (TPSA) is 84.2 Å². The Hall–Kier alpha value is -1.24. The molecule has 0 heterocycles. The fourth-order valence-electron chi connectivity index (χ4n) is 1.56. The third-order valence-corrected chi connectivity index (χ3v) is 3.66. The number of hydrogen-bond donors (Lipinski definition) is 3. The van der Waals surface area contributed by atoms with Crippen molar-refractivity contribution in [2.75, 3.05) is 23.4 Å². The van der Waals surface area contributed by atoms with Gasteiger partial charge >= 0.3 is 0 Å². The van der Waals surface area contributed by atoms with Gasteiger partial charge in [-0.2, -0.15) is 0 Å². The molecule has 0 bridgehead atoms. The Morgan fingerprint density at radius 3 is 2.36 bits per heavy atom. The van der Waals surface area contributed by atoms with Crippen molar-refractivity contribution < 1.29 is 9.59 Å². The molecular weight excluding hydrogens is 322 g/mol. The average Bonchev–Trinajstić information content (AvgIpc) is 2.41. The first-order chi connectivity index (χ1) is 9.97. The van der Waals surface area contributed by atoms with Gasteiger partial charge in [0, 0.05) is 18.3 Å². The first kappa shape index (κ1) is 20.8. The predicted molar refractivity (Wildman–Crippen MR) is 95.7 cm³/mol. The fourth-order valence-corrected chi connectivity index (χ4v) is 2.21. The van der Waals surface area contributed by atoms with Crippen molar-refractivity contribution in [2.24, 2.45) is 5.73 Å². The third-order valence-electron chi connectivity index (χ3n) is 2.72. The Bertz CT molecular complexity index is 466. The van der Waals surface area contributed by atoms with E-state index in [1.165, 1.54) is 11.8 Å². The second-order valence-electron chi connectivity index (χ2n) is 5.02. The summed E-state index contributed by atoms with van der Waals surface area (Å²) in [6.07, 6.45) is 0.754. The second kappa shape index (κ2) is 11.3. The van der Waals surface area contributed by atoms with E-state index in [0.717, 1.165) is 17.7 Å². The Labute approximate surface area is 142 Å². The van der Waals surface area contributed by atoms with Crippen molar-refractivity contribution in [3.63, 3.8) is 0 Å². The lowest BCUT2D eigenvalue weighted by Crippen LogP contribution is -2.30. The van der Waals surface area contributed by atoms with Crippen LogP contribution in [0.3, 0.4) is 0 Å². The molecule has 1 unspecified atom stereocenters. The maximum atomic E-state index is 11.7. The van der Waals surface area contributed by atoms with Crippen LogP contribution in [0.4, 0.5) is 5.69 Å². The number of anilines is 1. The largest absolute Gasteiger partial charge is 0.355 e. The smallest absolute Gasteiger partial charge is 0.234 e. The zero-order valence-corrected chi connectivity index (χ0v) is 14.6. The average molecular weight is 346 g/mol. The maximum absolute atomic E-state index is 11.7. The van der Waals surface area contributed by atoms with E-state index in [2.05, 4.69) is 10.6 Å². The van der Waals surface area contributed by atoms with E-state index in [1.54, 1.807) is 0 Å². The van der Waals surface area contributed by atoms with E-state index in [-0.39, 0.29) is 41.8 Å². The summed E-state index contributed by atoms with van der Waals surface area (Å²) in [5, 5.41) is 5.57. The van der Waals surface area contributed by atoms with Crippen molar-refractivity contribution in [3.05, 3.63) is 29.8 Å². The van der Waals surface area contributed by atoms with Crippen molar-refractivity contribution >= 4 is 41.7 Å². The van der Waals surface area contributed by atoms with Gasteiger partial charge in [0.2, 0.25) is 11.8 Å². The van der Waals surface area contributed by atoms with Crippen molar-refractivity contribution in [1.82, 2.24) is 5.32 Å². The van der Waals surface area contributed by atoms with Crippen LogP contribution in [0.2, 0.25) is 0 Å². The number of carbonyl (C=O) groups excluding carboxylic acids is 2. The van der Waals surface area contributed by atoms with Crippen LogP contribution in [0.5, 0.6) is 0 Å². The molecule has 1 aromatic rings. The Balaban J connectivity index is 0.00000441. The first-order valence-electron chi connectivity index (χ1n) is 6.94. The van der Waals surface area contributed by atoms with Gasteiger partial charge in [-0.25, -0.2) is 0 Å². The highest BCUT2D eigenvalue weighted by molar-refractivity contribution is 8.00. The van der Waals surface area contributed by atoms with E-state index >= 15 is 0 Å². The zero-order valence-electron chi connectivity index (χ0n) is 12.9. The maximum Gasteiger partial charge on any atom is 0.234 e. The summed E-state index contributed by atoms with van der Waals surface area (Å²) < 4.78 is 0. The van der Waals surface area contributed by atoms with E-state index in [0.29, 0.717) is 6.54 Å². The molecule has 0 aliphatic carbocycles. The van der Waals surface area contributed by atoms with Gasteiger partial charge in [-0.05, 0) is 32.4 Å². The predicted octanol–water partition coefficient (Wildman–Crippen LogP) is 1.94. The quantitative estimate of drug-likeness (QED) is 0.672. The number of nitrogens with one attached hydrogen (secondary N) is 2. The van der Waals surface area contributed by atoms with E-state index < -0.39 is 0 Å². The van der Waals surface area contributed by atoms with Crippen molar-refractivity contribution in [2.45, 2.75) is 26.3 Å². The monoisotopic (exact) mass is 345 g/mol. The SMILES string of the molecule is Cc1ccc(NC(=O)CSCC(=O)NCCC(C)N)cc1.Cl. The minimum Gasteiger partial charge on any atom is -0.355 e. The van der Waals surface area contributed by atoms with Gasteiger partial charge in [0.25, 0.3) is 0 Å². The Morgan fingerprint density at radius 2 is 1.77 bits per heavy atom. The van der Waals surface area contributed by atoms with Crippen LogP contribution in [0, 0.1) is 6.92 Å². The molecule has 0 saturated carbocycles. The van der Waals surface area contributed by atoms with Gasteiger partial charge in [0.05, 0.1) is 11.5 Å². The van der Waals surface area contributed by atoms with Crippen LogP contribution < -0.4 is 16.4 Å². The molecule has 5 nitrogen and oxygen atoms in total. The molecule has 0 radical (unpaired) electrons. The molecule has 0 aliphatic rings. The number of nitrogens with two attached hydrogens (primary N) is 1. The van der Waals surface area contributed by atoms with Gasteiger partial charge in [-0.1, -0.05) is 17.7 Å². The lowest BCUT2D eigenvalue weighted by molar-refractivity contribution is -0.118. The van der Waals surface area contributed by atoms with Crippen LogP contribution in [-0.2, 0) is 9.59 Å². The molecule has 0 aliphatic heterocycles. The molecule has 0 aromatic heterocycles. The van der Waals surface area contributed by atoms with E-state index in [1.807, 2.05) is 38.1 Å². The molecule has 0 fully saturated rings. The normalized spacial score (nSPS) is 11.2. The number of amides is 2. The number of hydrogen-bond acceptors (Lipinski definition) is 4. The lowest BCUT2D eigenvalue weighted by atomic mass is 10.2. The van der Waals surface area contributed by atoms with Gasteiger partial charge in [0.15, 0.2) is 0 Å². The number of halogens is 1. The zero-order chi connectivity index (χ0) is 15.7. The molecule has 124 valence electrons. The number of thioether (sulfide) groups is 1. The number of aryl methyl sites for hydroxylation is 1. The summed E-state index contributed by atoms with van der Waals surface area (Å²) in [6.45, 7) is 4.47. The molecule has 1 rings (SSSR count). The molecule has 22 heavy (non-hydrogen) atoms. The second-order valence-corrected chi connectivity index (χ2v) is 6.01. The number of carbonyl (C=O) groups is 2. The number of rotatable bonds is 8. The Kier molecular flexibility index (Phi) is 10.7. The summed E-state index contributed by atoms with van der Waals surface area (Å²) in [5.74, 6) is 0.366. The molecule has 4 N–H and O–H groups in total. The van der Waals surface area contributed by atoms with E-state index in [9.17, 15) is 9.59 Å². The first-order valence-corrected chi connectivity index (χ1v) is 8.09. The summed E-state index contributed by atoms with van der Waals surface area (Å²) in [4.78, 5) is 23.2. The van der Waals surface area contributed by atoms with Crippen LogP contribution in [0.25, 0.3) is 0 Å². The lowest BCUT2D eigenvalue weighted by Gasteiger charge is -2.07. The molecule has 7 heteroatoms. The molecule has 1 aromatic carbocycles. The van der Waals surface area contributed by atoms with Crippen LogP contribution in [0.15, 0.2) is 24.3 Å². The van der Waals surface area contributed by atoms with Gasteiger partial charge in [-0.3, -0.25) is 9.59 Å². The Morgan fingerprint density at radius 1 is 1.18 bits per heavy atom. The highest BCUT2D eigenvalue weighted by atomic mass is 35.5. The standard InChI is InChI=1S/C15H23N3O2S.ClH/c1-11-3-5-13(6-4-11)18-15(20)10-21-9-14(19)17-8-7-12(2)16;/h3-6,12H,7-10,16H2,1-2H3,(H,17,19)(H,18,20);1H. The number of benzene rings is 1. The van der Waals surface area contributed by atoms with Gasteiger partial charge < -0.3 is 16.4 Å². The molecule has 0 saturated heterocycles. The molecular formula is C15H24ClN3O2S. The molecule has 1 atom stereocenters. The van der Waals surface area contributed by atoms with Crippen molar-refractivity contribution in [1.29, 1.82) is 0 Å². The third kappa shape index (κ3) is 9.65. The molecule has 0 spiro atoms. The van der Waals surface area contributed by atoms with Crippen molar-refractivity contribution in [3.8, 4) is 0 Å². The molecule has 2 amide bonds. The van der Waals surface area contributed by atoms with E-state index in [4.69, 9.17) is 5.73 Å². The highest BCUT2D eigenvalue weighted by Gasteiger charge is 2.06. The summed E-state index contributed by atoms with van der Waals surface area (Å²) in [5.41, 5.74) is 7.51. The fraction of sp³-hybridized carbons (Fsp3) is 0.467. The van der Waals surface area contributed by atoms with Crippen LogP contribution in [-0.4, -0.2) is 35.9 Å².